The lowest BCUT2D eigenvalue weighted by Crippen LogP contribution is -2.72. The molecule has 3 aliphatic rings. The number of piperidine rings is 1. The summed E-state index contributed by atoms with van der Waals surface area (Å²) in [6, 6.07) is 13.0. The molecule has 3 aliphatic heterocycles. The standard InChI is InChI=1S/C24H24N4O5/c29-21-24(22(30)27(23(31)25-21)13-11-16-6-2-1-3-7-16)15-17-14-18(28(32)33)9-10-19(17)26-12-5-4-8-20(24)26/h1-3,6-7,9-10,14,20H,4-5,8,11-13,15H2,(H,25,29,31)/t20-,24+/m0/s1. The Hall–Kier alpha value is -3.75. The Balaban J connectivity index is 1.54. The number of urea groups is 1. The molecule has 2 aromatic carbocycles. The summed E-state index contributed by atoms with van der Waals surface area (Å²) in [5, 5.41) is 13.8. The number of fused-ring (bicyclic) bond motifs is 4. The number of nitro groups is 1. The van der Waals surface area contributed by atoms with Crippen molar-refractivity contribution in [3.05, 3.63) is 69.8 Å². The highest BCUT2D eigenvalue weighted by molar-refractivity contribution is 6.20. The van der Waals surface area contributed by atoms with E-state index >= 15 is 0 Å². The molecule has 170 valence electrons. The number of hydrogen-bond acceptors (Lipinski definition) is 6. The first kappa shape index (κ1) is 21.1. The number of non-ortho nitro benzene ring substituents is 1. The van der Waals surface area contributed by atoms with Gasteiger partial charge in [-0.3, -0.25) is 29.9 Å². The number of rotatable bonds is 4. The van der Waals surface area contributed by atoms with Crippen LogP contribution in [0.1, 0.15) is 30.4 Å². The number of carbonyl (C=O) groups is 3. The number of nitrogens with zero attached hydrogens (tertiary/aromatic N) is 3. The fourth-order valence-corrected chi connectivity index (χ4v) is 5.50. The lowest BCUT2D eigenvalue weighted by atomic mass is 9.66. The topological polar surface area (TPSA) is 113 Å². The van der Waals surface area contributed by atoms with Crippen molar-refractivity contribution < 1.29 is 19.3 Å². The molecule has 5 rings (SSSR count). The van der Waals surface area contributed by atoms with E-state index in [1.165, 1.54) is 12.1 Å². The predicted octanol–water partition coefficient (Wildman–Crippen LogP) is 2.82. The smallest absolute Gasteiger partial charge is 0.330 e. The molecule has 0 radical (unpaired) electrons. The second kappa shape index (κ2) is 7.99. The molecule has 33 heavy (non-hydrogen) atoms. The highest BCUT2D eigenvalue weighted by Crippen LogP contribution is 2.48. The molecule has 2 atom stereocenters. The van der Waals surface area contributed by atoms with Crippen molar-refractivity contribution in [3.8, 4) is 0 Å². The Labute approximate surface area is 190 Å². The maximum Gasteiger partial charge on any atom is 0.330 e. The SMILES string of the molecule is O=C1NC(=O)[C@]2(Cc3cc([N+](=O)[O-])ccc3N3CCCC[C@H]32)C(=O)N1CCc1ccccc1. The predicted molar refractivity (Wildman–Crippen MR) is 120 cm³/mol. The van der Waals surface area contributed by atoms with Gasteiger partial charge in [0.25, 0.3) is 5.69 Å². The summed E-state index contributed by atoms with van der Waals surface area (Å²) in [5.74, 6) is -1.12. The zero-order chi connectivity index (χ0) is 23.2. The fraction of sp³-hybridized carbons (Fsp3) is 0.375. The molecule has 0 aromatic heterocycles. The number of hydrogen-bond donors (Lipinski definition) is 1. The summed E-state index contributed by atoms with van der Waals surface area (Å²) >= 11 is 0. The van der Waals surface area contributed by atoms with E-state index in [0.29, 0.717) is 24.9 Å². The number of imide groups is 2. The summed E-state index contributed by atoms with van der Waals surface area (Å²) in [6.07, 6.45) is 2.90. The largest absolute Gasteiger partial charge is 0.367 e. The van der Waals surface area contributed by atoms with Crippen LogP contribution in [0.5, 0.6) is 0 Å². The van der Waals surface area contributed by atoms with E-state index < -0.39 is 34.2 Å². The van der Waals surface area contributed by atoms with Crippen molar-refractivity contribution in [2.45, 2.75) is 38.1 Å². The first-order valence-corrected chi connectivity index (χ1v) is 11.2. The molecule has 9 nitrogen and oxygen atoms in total. The number of amides is 4. The van der Waals surface area contributed by atoms with Gasteiger partial charge in [-0.05, 0) is 42.9 Å². The van der Waals surface area contributed by atoms with Gasteiger partial charge < -0.3 is 4.90 Å². The summed E-state index contributed by atoms with van der Waals surface area (Å²) < 4.78 is 0. The monoisotopic (exact) mass is 448 g/mol. The van der Waals surface area contributed by atoms with E-state index in [2.05, 4.69) is 5.32 Å². The first-order chi connectivity index (χ1) is 15.9. The van der Waals surface area contributed by atoms with E-state index in [1.807, 2.05) is 35.2 Å². The summed E-state index contributed by atoms with van der Waals surface area (Å²) in [4.78, 5) is 54.0. The van der Waals surface area contributed by atoms with Crippen LogP contribution >= 0.6 is 0 Å². The number of carbonyl (C=O) groups excluding carboxylic acids is 3. The number of anilines is 1. The van der Waals surface area contributed by atoms with Gasteiger partial charge >= 0.3 is 6.03 Å². The second-order valence-corrected chi connectivity index (χ2v) is 8.87. The minimum Gasteiger partial charge on any atom is -0.367 e. The maximum absolute atomic E-state index is 13.9. The molecular weight excluding hydrogens is 424 g/mol. The minimum atomic E-state index is -1.49. The van der Waals surface area contributed by atoms with Crippen LogP contribution in [0.15, 0.2) is 48.5 Å². The van der Waals surface area contributed by atoms with E-state index in [-0.39, 0.29) is 18.7 Å². The molecular formula is C24H24N4O5. The molecule has 0 aliphatic carbocycles. The van der Waals surface area contributed by atoms with Gasteiger partial charge in [-0.2, -0.15) is 0 Å². The molecule has 2 fully saturated rings. The second-order valence-electron chi connectivity index (χ2n) is 8.87. The van der Waals surface area contributed by atoms with Gasteiger partial charge in [0.05, 0.1) is 11.0 Å². The van der Waals surface area contributed by atoms with Crippen LogP contribution in [0, 0.1) is 15.5 Å². The van der Waals surface area contributed by atoms with Gasteiger partial charge in [0, 0.05) is 37.3 Å². The van der Waals surface area contributed by atoms with Crippen molar-refractivity contribution in [2.24, 2.45) is 5.41 Å². The number of nitro benzene ring substituents is 1. The lowest BCUT2D eigenvalue weighted by molar-refractivity contribution is -0.384. The van der Waals surface area contributed by atoms with Gasteiger partial charge in [-0.1, -0.05) is 30.3 Å². The first-order valence-electron chi connectivity index (χ1n) is 11.2. The van der Waals surface area contributed by atoms with E-state index in [9.17, 15) is 24.5 Å². The molecule has 2 aromatic rings. The molecule has 0 saturated carbocycles. The molecule has 9 heteroatoms. The van der Waals surface area contributed by atoms with Crippen LogP contribution in [-0.4, -0.2) is 46.8 Å². The molecule has 1 spiro atoms. The van der Waals surface area contributed by atoms with Crippen molar-refractivity contribution in [1.29, 1.82) is 0 Å². The molecule has 0 bridgehead atoms. The fourth-order valence-electron chi connectivity index (χ4n) is 5.50. The number of benzene rings is 2. The number of nitrogens with one attached hydrogen (secondary N) is 1. The lowest BCUT2D eigenvalue weighted by Gasteiger charge is -2.53. The van der Waals surface area contributed by atoms with Crippen LogP contribution in [0.3, 0.4) is 0 Å². The Kier molecular flexibility index (Phi) is 5.11. The van der Waals surface area contributed by atoms with Crippen LogP contribution < -0.4 is 10.2 Å². The maximum atomic E-state index is 13.9. The number of barbiturate groups is 1. The van der Waals surface area contributed by atoms with Crippen LogP contribution in [0.4, 0.5) is 16.2 Å². The van der Waals surface area contributed by atoms with Crippen LogP contribution in [0.25, 0.3) is 0 Å². The van der Waals surface area contributed by atoms with Gasteiger partial charge in [0.1, 0.15) is 0 Å². The Morgan fingerprint density at radius 2 is 1.88 bits per heavy atom. The van der Waals surface area contributed by atoms with Gasteiger partial charge in [0.15, 0.2) is 5.41 Å². The molecule has 0 unspecified atom stereocenters. The average Bonchev–Trinajstić information content (AvgIpc) is 2.82. The third-order valence-electron chi connectivity index (χ3n) is 7.09. The van der Waals surface area contributed by atoms with Crippen molar-refractivity contribution in [2.75, 3.05) is 18.0 Å². The third kappa shape index (κ3) is 3.35. The van der Waals surface area contributed by atoms with Gasteiger partial charge in [-0.25, -0.2) is 4.79 Å². The van der Waals surface area contributed by atoms with Crippen molar-refractivity contribution in [1.82, 2.24) is 10.2 Å². The highest BCUT2D eigenvalue weighted by atomic mass is 16.6. The summed E-state index contributed by atoms with van der Waals surface area (Å²) in [6.45, 7) is 0.800. The Morgan fingerprint density at radius 3 is 2.64 bits per heavy atom. The quantitative estimate of drug-likeness (QED) is 0.437. The van der Waals surface area contributed by atoms with Crippen LogP contribution in [-0.2, 0) is 22.4 Å². The molecule has 4 amide bonds. The highest BCUT2D eigenvalue weighted by Gasteiger charge is 2.62. The Morgan fingerprint density at radius 1 is 1.09 bits per heavy atom. The van der Waals surface area contributed by atoms with E-state index in [1.54, 1.807) is 6.07 Å². The molecule has 3 heterocycles. The zero-order valence-electron chi connectivity index (χ0n) is 18.0. The van der Waals surface area contributed by atoms with Gasteiger partial charge in [-0.15, -0.1) is 0 Å². The third-order valence-corrected chi connectivity index (χ3v) is 7.09. The van der Waals surface area contributed by atoms with Crippen LogP contribution in [0.2, 0.25) is 0 Å². The summed E-state index contributed by atoms with van der Waals surface area (Å²) in [7, 11) is 0. The van der Waals surface area contributed by atoms with E-state index in [4.69, 9.17) is 0 Å². The van der Waals surface area contributed by atoms with Crippen molar-refractivity contribution in [3.63, 3.8) is 0 Å². The Bertz CT molecular complexity index is 1150. The minimum absolute atomic E-state index is 0.0327. The van der Waals surface area contributed by atoms with E-state index in [0.717, 1.165) is 29.0 Å². The zero-order valence-corrected chi connectivity index (χ0v) is 18.0. The van der Waals surface area contributed by atoms with Gasteiger partial charge in [0.2, 0.25) is 11.8 Å². The summed E-state index contributed by atoms with van der Waals surface area (Å²) in [5.41, 5.74) is 0.813. The molecule has 1 N–H and O–H groups in total. The molecule has 2 saturated heterocycles. The normalized spacial score (nSPS) is 24.4. The average molecular weight is 448 g/mol. The van der Waals surface area contributed by atoms with Crippen molar-refractivity contribution >= 4 is 29.2 Å².